The minimum Gasteiger partial charge on any atom is -0.453 e. The Hall–Kier alpha value is -3.31. The molecular formula is C25H30F2N4O5. The van der Waals surface area contributed by atoms with E-state index in [1.165, 1.54) is 15.6 Å². The van der Waals surface area contributed by atoms with Crippen LogP contribution in [0.3, 0.4) is 0 Å². The van der Waals surface area contributed by atoms with Crippen molar-refractivity contribution >= 4 is 17.6 Å². The molecule has 3 N–H and O–H groups in total. The molecule has 11 heteroatoms. The van der Waals surface area contributed by atoms with Crippen LogP contribution in [0.15, 0.2) is 42.3 Å². The van der Waals surface area contributed by atoms with E-state index in [9.17, 15) is 23.5 Å². The molecule has 0 spiro atoms. The van der Waals surface area contributed by atoms with Gasteiger partial charge in [-0.1, -0.05) is 38.2 Å². The predicted molar refractivity (Wildman–Crippen MR) is 126 cm³/mol. The highest BCUT2D eigenvalue weighted by Gasteiger charge is 2.36. The molecule has 1 fully saturated rings. The van der Waals surface area contributed by atoms with Crippen molar-refractivity contribution in [2.45, 2.75) is 57.2 Å². The minimum absolute atomic E-state index is 0.0488. The van der Waals surface area contributed by atoms with Gasteiger partial charge in [0.05, 0.1) is 25.8 Å². The second-order valence-electron chi connectivity index (χ2n) is 9.23. The highest BCUT2D eigenvalue weighted by molar-refractivity contribution is 5.99. The van der Waals surface area contributed by atoms with Crippen molar-refractivity contribution in [1.82, 2.24) is 14.7 Å². The lowest BCUT2D eigenvalue weighted by Gasteiger charge is -2.31. The number of rotatable bonds is 10. The average Bonchev–Trinajstić information content (AvgIpc) is 3.45. The molecule has 2 amide bonds. The van der Waals surface area contributed by atoms with Crippen LogP contribution in [0.2, 0.25) is 0 Å². The Kier molecular flexibility index (Phi) is 8.32. The van der Waals surface area contributed by atoms with Gasteiger partial charge in [0.15, 0.2) is 23.2 Å². The monoisotopic (exact) mass is 504 g/mol. The number of aromatic nitrogens is 2. The molecule has 1 saturated carbocycles. The van der Waals surface area contributed by atoms with Crippen LogP contribution in [0.4, 0.5) is 14.6 Å². The fraction of sp³-hybridized carbons (Fsp3) is 0.480. The third-order valence-electron chi connectivity index (χ3n) is 6.51. The molecule has 194 valence electrons. The van der Waals surface area contributed by atoms with Gasteiger partial charge in [0.2, 0.25) is 5.91 Å². The minimum atomic E-state index is -0.987. The van der Waals surface area contributed by atoms with Gasteiger partial charge in [0.25, 0.3) is 5.91 Å². The maximum absolute atomic E-state index is 14.0. The number of aliphatic hydroxyl groups excluding tert-OH is 2. The normalized spacial score (nSPS) is 18.2. The number of nitrogens with zero attached hydrogens (tertiary/aromatic N) is 3. The zero-order valence-electron chi connectivity index (χ0n) is 19.8. The van der Waals surface area contributed by atoms with Crippen LogP contribution in [0.1, 0.15) is 38.5 Å². The summed E-state index contributed by atoms with van der Waals surface area (Å²) in [6.45, 7) is -0.468. The molecule has 0 bridgehead atoms. The summed E-state index contributed by atoms with van der Waals surface area (Å²) in [7, 11) is 0. The second-order valence-corrected chi connectivity index (χ2v) is 9.23. The number of amides is 2. The van der Waals surface area contributed by atoms with Crippen molar-refractivity contribution in [3.05, 3.63) is 53.9 Å². The summed E-state index contributed by atoms with van der Waals surface area (Å²) >= 11 is 0. The van der Waals surface area contributed by atoms with Crippen LogP contribution in [0, 0.1) is 17.6 Å². The summed E-state index contributed by atoms with van der Waals surface area (Å²) in [6.07, 6.45) is 7.33. The first kappa shape index (κ1) is 25.8. The lowest BCUT2D eigenvalue weighted by molar-refractivity contribution is -0.134. The highest BCUT2D eigenvalue weighted by atomic mass is 19.1. The van der Waals surface area contributed by atoms with Crippen LogP contribution < -0.4 is 10.1 Å². The van der Waals surface area contributed by atoms with E-state index in [2.05, 4.69) is 10.4 Å². The fourth-order valence-electron chi connectivity index (χ4n) is 4.68. The molecule has 0 unspecified atom stereocenters. The number of benzene rings is 1. The number of halogens is 2. The first-order valence-electron chi connectivity index (χ1n) is 12.1. The number of hydrogen-bond acceptors (Lipinski definition) is 6. The van der Waals surface area contributed by atoms with Gasteiger partial charge in [0.1, 0.15) is 11.8 Å². The topological polar surface area (TPSA) is 117 Å². The molecule has 1 aliphatic carbocycles. The third kappa shape index (κ3) is 6.27. The van der Waals surface area contributed by atoms with Crippen molar-refractivity contribution in [3.8, 4) is 5.75 Å². The first-order chi connectivity index (χ1) is 17.3. The summed E-state index contributed by atoms with van der Waals surface area (Å²) in [5, 5.41) is 25.5. The molecule has 1 aromatic carbocycles. The smallest absolute Gasteiger partial charge is 0.251 e. The van der Waals surface area contributed by atoms with Gasteiger partial charge in [-0.05, 0) is 24.5 Å². The molecule has 36 heavy (non-hydrogen) atoms. The number of ether oxygens (including phenoxy) is 1. The predicted octanol–water partition coefficient (Wildman–Crippen LogP) is 2.60. The van der Waals surface area contributed by atoms with Gasteiger partial charge in [-0.25, -0.2) is 8.78 Å². The maximum Gasteiger partial charge on any atom is 0.251 e. The molecular weight excluding hydrogens is 474 g/mol. The SMILES string of the molecule is O=C(Nc1ccn(C[C@H](O)CO)n1)[C@H](CC1CCCCC1)N1CC(Oc2c(F)cccc2F)=CC1=O. The molecule has 1 aromatic heterocycles. The second kappa shape index (κ2) is 11.6. The van der Waals surface area contributed by atoms with Crippen LogP contribution in [0.5, 0.6) is 5.75 Å². The van der Waals surface area contributed by atoms with E-state index in [0.29, 0.717) is 6.42 Å². The van der Waals surface area contributed by atoms with Crippen LogP contribution in [-0.4, -0.2) is 62.0 Å². The van der Waals surface area contributed by atoms with Crippen LogP contribution >= 0.6 is 0 Å². The van der Waals surface area contributed by atoms with Gasteiger partial charge in [0, 0.05) is 18.3 Å². The standard InChI is InChI=1S/C25H30F2N4O5/c26-19-7-4-8-20(27)24(19)36-18-12-23(34)31(14-18)21(11-16-5-2-1-3-6-16)25(35)28-22-9-10-30(29-22)13-17(33)15-32/h4,7-10,12,16-17,21,32-33H,1-3,5-6,11,13-15H2,(H,28,29,35)/t17-,21-/m0/s1. The quantitative estimate of drug-likeness (QED) is 0.458. The molecule has 0 radical (unpaired) electrons. The van der Waals surface area contributed by atoms with Gasteiger partial charge in [-0.3, -0.25) is 14.3 Å². The number of hydrogen-bond donors (Lipinski definition) is 3. The number of carbonyl (C=O) groups excluding carboxylic acids is 2. The molecule has 9 nitrogen and oxygen atoms in total. The Labute approximate surface area is 207 Å². The Morgan fingerprint density at radius 1 is 1.19 bits per heavy atom. The summed E-state index contributed by atoms with van der Waals surface area (Å²) < 4.78 is 34.9. The van der Waals surface area contributed by atoms with Gasteiger partial charge in [-0.15, -0.1) is 0 Å². The van der Waals surface area contributed by atoms with Gasteiger partial charge < -0.3 is 25.2 Å². The number of para-hydroxylation sites is 1. The molecule has 2 atom stereocenters. The van der Waals surface area contributed by atoms with Crippen molar-refractivity contribution in [2.75, 3.05) is 18.5 Å². The van der Waals surface area contributed by atoms with Crippen molar-refractivity contribution in [3.63, 3.8) is 0 Å². The summed E-state index contributed by atoms with van der Waals surface area (Å²) in [5.74, 6) is -2.74. The summed E-state index contributed by atoms with van der Waals surface area (Å²) in [4.78, 5) is 27.6. The van der Waals surface area contributed by atoms with E-state index < -0.39 is 48.0 Å². The average molecular weight is 505 g/mol. The lowest BCUT2D eigenvalue weighted by Crippen LogP contribution is -2.46. The zero-order chi connectivity index (χ0) is 25.7. The zero-order valence-corrected chi connectivity index (χ0v) is 19.8. The molecule has 2 aromatic rings. The third-order valence-corrected chi connectivity index (χ3v) is 6.51. The largest absolute Gasteiger partial charge is 0.453 e. The van der Waals surface area contributed by atoms with Gasteiger partial charge in [-0.2, -0.15) is 5.10 Å². The fourth-order valence-corrected chi connectivity index (χ4v) is 4.68. The van der Waals surface area contributed by atoms with E-state index in [0.717, 1.165) is 50.3 Å². The van der Waals surface area contributed by atoms with E-state index >= 15 is 0 Å². The van der Waals surface area contributed by atoms with E-state index in [1.54, 1.807) is 12.3 Å². The molecule has 1 aliphatic heterocycles. The van der Waals surface area contributed by atoms with Crippen molar-refractivity contribution < 1.29 is 33.3 Å². The summed E-state index contributed by atoms with van der Waals surface area (Å²) in [5.41, 5.74) is 0. The number of carbonyl (C=O) groups is 2. The van der Waals surface area contributed by atoms with E-state index in [4.69, 9.17) is 9.84 Å². The highest BCUT2D eigenvalue weighted by Crippen LogP contribution is 2.31. The Bertz CT molecular complexity index is 1100. The Morgan fingerprint density at radius 2 is 1.92 bits per heavy atom. The van der Waals surface area contributed by atoms with Crippen molar-refractivity contribution in [1.29, 1.82) is 0 Å². The molecule has 2 heterocycles. The molecule has 2 aliphatic rings. The first-order valence-corrected chi connectivity index (χ1v) is 12.1. The van der Waals surface area contributed by atoms with Crippen LogP contribution in [0.25, 0.3) is 0 Å². The number of aliphatic hydroxyl groups is 2. The van der Waals surface area contributed by atoms with E-state index in [-0.39, 0.29) is 30.6 Å². The summed E-state index contributed by atoms with van der Waals surface area (Å²) in [6, 6.07) is 4.06. The maximum atomic E-state index is 14.0. The number of nitrogens with one attached hydrogen (secondary N) is 1. The molecule has 0 saturated heterocycles. The Morgan fingerprint density at radius 3 is 2.61 bits per heavy atom. The van der Waals surface area contributed by atoms with Gasteiger partial charge >= 0.3 is 0 Å². The Balaban J connectivity index is 1.48. The number of anilines is 1. The van der Waals surface area contributed by atoms with Crippen molar-refractivity contribution in [2.24, 2.45) is 5.92 Å². The molecule has 4 rings (SSSR count). The van der Waals surface area contributed by atoms with Crippen LogP contribution in [-0.2, 0) is 16.1 Å². The lowest BCUT2D eigenvalue weighted by atomic mass is 9.84. The van der Waals surface area contributed by atoms with E-state index in [1.807, 2.05) is 0 Å².